The molecule has 0 aliphatic heterocycles. The van der Waals surface area contributed by atoms with Crippen LogP contribution >= 0.6 is 46.4 Å². The van der Waals surface area contributed by atoms with Crippen LogP contribution in [0.3, 0.4) is 0 Å². The van der Waals surface area contributed by atoms with Gasteiger partial charge in [0.1, 0.15) is 0 Å². The van der Waals surface area contributed by atoms with Gasteiger partial charge in [-0.1, -0.05) is 70.7 Å². The predicted molar refractivity (Wildman–Crippen MR) is 141 cm³/mol. The summed E-state index contributed by atoms with van der Waals surface area (Å²) in [6, 6.07) is 20.0. The second kappa shape index (κ2) is 10.7. The molecule has 4 aromatic rings. The van der Waals surface area contributed by atoms with Gasteiger partial charge in [-0.25, -0.2) is 4.68 Å². The molecule has 0 unspecified atom stereocenters. The monoisotopic (exact) mass is 529 g/mol. The van der Waals surface area contributed by atoms with Crippen LogP contribution in [-0.4, -0.2) is 15.7 Å². The maximum absolute atomic E-state index is 12.4. The van der Waals surface area contributed by atoms with Gasteiger partial charge < -0.3 is 5.32 Å². The van der Waals surface area contributed by atoms with Gasteiger partial charge in [0.25, 0.3) is 0 Å². The highest BCUT2D eigenvalue weighted by molar-refractivity contribution is 6.35. The molecule has 0 saturated heterocycles. The number of benzene rings is 3. The molecular weight excluding hydrogens is 512 g/mol. The Labute approximate surface area is 217 Å². The number of carbonyl (C=O) groups is 1. The van der Waals surface area contributed by atoms with Crippen molar-refractivity contribution in [2.24, 2.45) is 0 Å². The van der Waals surface area contributed by atoms with Crippen LogP contribution in [0.25, 0.3) is 23.0 Å². The summed E-state index contributed by atoms with van der Waals surface area (Å²) >= 11 is 24.6. The van der Waals surface area contributed by atoms with E-state index in [9.17, 15) is 4.79 Å². The Morgan fingerprint density at radius 1 is 0.912 bits per heavy atom. The Morgan fingerprint density at radius 3 is 2.18 bits per heavy atom. The van der Waals surface area contributed by atoms with Crippen molar-refractivity contribution >= 4 is 58.4 Å². The minimum atomic E-state index is -0.235. The first-order chi connectivity index (χ1) is 16.3. The molecule has 8 heteroatoms. The van der Waals surface area contributed by atoms with Crippen LogP contribution < -0.4 is 5.32 Å². The Bertz CT molecular complexity index is 1360. The lowest BCUT2D eigenvalue weighted by molar-refractivity contribution is -0.116. The van der Waals surface area contributed by atoms with Gasteiger partial charge >= 0.3 is 0 Å². The van der Waals surface area contributed by atoms with E-state index in [1.165, 1.54) is 6.08 Å². The summed E-state index contributed by atoms with van der Waals surface area (Å²) in [4.78, 5) is 12.4. The molecule has 4 rings (SSSR count). The van der Waals surface area contributed by atoms with E-state index in [4.69, 9.17) is 51.5 Å². The number of amides is 1. The molecule has 4 nitrogen and oxygen atoms in total. The van der Waals surface area contributed by atoms with Crippen molar-refractivity contribution in [2.45, 2.75) is 13.5 Å². The minimum Gasteiger partial charge on any atom is -0.348 e. The fourth-order valence-corrected chi connectivity index (χ4v) is 4.19. The lowest BCUT2D eigenvalue weighted by Gasteiger charge is -2.11. The zero-order chi connectivity index (χ0) is 24.2. The number of hydrogen-bond donors (Lipinski definition) is 1. The molecule has 1 aromatic heterocycles. The summed E-state index contributed by atoms with van der Waals surface area (Å²) in [5.74, 6) is -0.235. The van der Waals surface area contributed by atoms with Gasteiger partial charge in [-0.2, -0.15) is 5.10 Å². The van der Waals surface area contributed by atoms with Crippen LogP contribution in [-0.2, 0) is 11.3 Å². The van der Waals surface area contributed by atoms with Crippen molar-refractivity contribution in [1.82, 2.24) is 15.1 Å². The predicted octanol–water partition coefficient (Wildman–Crippen LogP) is 7.79. The molecule has 34 heavy (non-hydrogen) atoms. The maximum Gasteiger partial charge on any atom is 0.244 e. The molecule has 1 amide bonds. The standard InChI is InChI=1S/C26H19Cl4N3O/c1-16-23(11-13-25(34)31-15-17-2-6-19(27)7-3-17)32-33(24-12-10-21(29)14-22(24)30)26(16)18-4-8-20(28)9-5-18/h2-14H,15H2,1H3,(H,31,34)/b13-11+. The third-order valence-corrected chi connectivity index (χ3v) is 6.23. The van der Waals surface area contributed by atoms with Gasteiger partial charge in [0.2, 0.25) is 5.91 Å². The smallest absolute Gasteiger partial charge is 0.244 e. The fraction of sp³-hybridized carbons (Fsp3) is 0.0769. The number of aromatic nitrogens is 2. The molecule has 3 aromatic carbocycles. The number of nitrogens with one attached hydrogen (secondary N) is 1. The van der Waals surface area contributed by atoms with E-state index < -0.39 is 0 Å². The van der Waals surface area contributed by atoms with E-state index in [1.807, 2.05) is 49.4 Å². The van der Waals surface area contributed by atoms with Gasteiger partial charge in [0.15, 0.2) is 0 Å². The molecule has 0 bridgehead atoms. The molecular formula is C26H19Cl4N3O. The van der Waals surface area contributed by atoms with Crippen molar-refractivity contribution < 1.29 is 4.79 Å². The van der Waals surface area contributed by atoms with Crippen molar-refractivity contribution in [3.63, 3.8) is 0 Å². The Hall–Kier alpha value is -2.76. The average Bonchev–Trinajstić information content (AvgIpc) is 3.13. The number of carbonyl (C=O) groups excluding carboxylic acids is 1. The quantitative estimate of drug-likeness (QED) is 0.258. The third-order valence-electron chi connectivity index (χ3n) is 5.19. The van der Waals surface area contributed by atoms with Gasteiger partial charge in [-0.05, 0) is 61.0 Å². The number of hydrogen-bond acceptors (Lipinski definition) is 2. The van der Waals surface area contributed by atoms with Crippen LogP contribution in [0.2, 0.25) is 20.1 Å². The van der Waals surface area contributed by atoms with Gasteiger partial charge in [0.05, 0.1) is 22.1 Å². The number of nitrogens with zero attached hydrogens (tertiary/aromatic N) is 2. The van der Waals surface area contributed by atoms with Gasteiger partial charge in [0, 0.05) is 38.8 Å². The highest BCUT2D eigenvalue weighted by Crippen LogP contribution is 2.33. The average molecular weight is 531 g/mol. The van der Waals surface area contributed by atoms with Crippen LogP contribution in [0.5, 0.6) is 0 Å². The highest BCUT2D eigenvalue weighted by Gasteiger charge is 2.18. The van der Waals surface area contributed by atoms with Crippen molar-refractivity contribution in [2.75, 3.05) is 0 Å². The Balaban J connectivity index is 1.65. The summed E-state index contributed by atoms with van der Waals surface area (Å²) < 4.78 is 1.75. The van der Waals surface area contributed by atoms with Gasteiger partial charge in [-0.15, -0.1) is 0 Å². The van der Waals surface area contributed by atoms with Crippen molar-refractivity contribution in [3.05, 3.63) is 110 Å². The molecule has 1 N–H and O–H groups in total. The first-order valence-corrected chi connectivity index (χ1v) is 11.8. The van der Waals surface area contributed by atoms with Crippen LogP contribution in [0.1, 0.15) is 16.8 Å². The second-order valence-corrected chi connectivity index (χ2v) is 9.27. The highest BCUT2D eigenvalue weighted by atomic mass is 35.5. The lowest BCUT2D eigenvalue weighted by atomic mass is 10.1. The zero-order valence-corrected chi connectivity index (χ0v) is 21.1. The van der Waals surface area contributed by atoms with Crippen LogP contribution in [0, 0.1) is 6.92 Å². The summed E-state index contributed by atoms with van der Waals surface area (Å²) in [7, 11) is 0. The van der Waals surface area contributed by atoms with Crippen LogP contribution in [0.15, 0.2) is 72.8 Å². The van der Waals surface area contributed by atoms with E-state index in [0.29, 0.717) is 38.0 Å². The van der Waals surface area contributed by atoms with E-state index in [2.05, 4.69) is 5.32 Å². The van der Waals surface area contributed by atoms with E-state index >= 15 is 0 Å². The summed E-state index contributed by atoms with van der Waals surface area (Å²) in [5, 5.41) is 9.88. The number of rotatable bonds is 6. The molecule has 0 radical (unpaired) electrons. The molecule has 1 heterocycles. The first kappa shape index (κ1) is 24.4. The molecule has 0 atom stereocenters. The lowest BCUT2D eigenvalue weighted by Crippen LogP contribution is -2.20. The molecule has 0 aliphatic carbocycles. The maximum atomic E-state index is 12.4. The largest absolute Gasteiger partial charge is 0.348 e. The first-order valence-electron chi connectivity index (χ1n) is 10.3. The summed E-state index contributed by atoms with van der Waals surface area (Å²) in [6.45, 7) is 2.34. The Morgan fingerprint density at radius 2 is 1.53 bits per heavy atom. The van der Waals surface area contributed by atoms with Gasteiger partial charge in [-0.3, -0.25) is 4.79 Å². The molecule has 0 saturated carbocycles. The SMILES string of the molecule is Cc1c(/C=C/C(=O)NCc2ccc(Cl)cc2)nn(-c2ccc(Cl)cc2Cl)c1-c1ccc(Cl)cc1. The van der Waals surface area contributed by atoms with Crippen LogP contribution in [0.4, 0.5) is 0 Å². The van der Waals surface area contributed by atoms with Crippen molar-refractivity contribution in [3.8, 4) is 16.9 Å². The third kappa shape index (κ3) is 5.65. The molecule has 0 fully saturated rings. The second-order valence-electron chi connectivity index (χ2n) is 7.55. The number of halogens is 4. The van der Waals surface area contributed by atoms with E-state index in [-0.39, 0.29) is 5.91 Å². The molecule has 172 valence electrons. The minimum absolute atomic E-state index is 0.235. The fourth-order valence-electron chi connectivity index (χ4n) is 3.45. The molecule has 0 spiro atoms. The van der Waals surface area contributed by atoms with E-state index in [0.717, 1.165) is 22.4 Å². The zero-order valence-electron chi connectivity index (χ0n) is 18.0. The summed E-state index contributed by atoms with van der Waals surface area (Å²) in [5.41, 5.74) is 4.89. The Kier molecular flexibility index (Phi) is 7.64. The van der Waals surface area contributed by atoms with E-state index in [1.54, 1.807) is 35.0 Å². The summed E-state index contributed by atoms with van der Waals surface area (Å²) in [6.07, 6.45) is 3.15. The van der Waals surface area contributed by atoms with Crippen molar-refractivity contribution in [1.29, 1.82) is 0 Å². The topological polar surface area (TPSA) is 46.9 Å². The molecule has 0 aliphatic rings. The normalized spacial score (nSPS) is 11.2.